The molecule has 0 saturated heterocycles. The van der Waals surface area contributed by atoms with Crippen molar-refractivity contribution in [3.8, 4) is 5.75 Å². The van der Waals surface area contributed by atoms with E-state index in [9.17, 15) is 8.42 Å². The van der Waals surface area contributed by atoms with Crippen LogP contribution < -0.4 is 16.0 Å². The maximum Gasteiger partial charge on any atom is 0.175 e. The van der Waals surface area contributed by atoms with Crippen LogP contribution in [0.5, 0.6) is 5.75 Å². The number of benzene rings is 1. The summed E-state index contributed by atoms with van der Waals surface area (Å²) in [6.07, 6.45) is 1.16. The zero-order valence-electron chi connectivity index (χ0n) is 10.9. The molecule has 20 heavy (non-hydrogen) atoms. The molecule has 1 aromatic carbocycles. The van der Waals surface area contributed by atoms with Crippen molar-refractivity contribution in [1.82, 2.24) is 4.98 Å². The molecular formula is C13H15N3O3S. The van der Waals surface area contributed by atoms with Gasteiger partial charge in [-0.05, 0) is 36.4 Å². The highest BCUT2D eigenvalue weighted by Gasteiger charge is 2.06. The molecule has 7 heteroatoms. The zero-order chi connectivity index (χ0) is 14.6. The predicted molar refractivity (Wildman–Crippen MR) is 75.9 cm³/mol. The van der Waals surface area contributed by atoms with Crippen LogP contribution in [-0.2, 0) is 16.4 Å². The Morgan fingerprint density at radius 2 is 1.90 bits per heavy atom. The summed E-state index contributed by atoms with van der Waals surface area (Å²) in [5.41, 5.74) is 3.17. The summed E-state index contributed by atoms with van der Waals surface area (Å²) in [5, 5.41) is 0. The number of anilines is 1. The van der Waals surface area contributed by atoms with Crippen LogP contribution in [0.15, 0.2) is 47.4 Å². The van der Waals surface area contributed by atoms with Gasteiger partial charge in [0.15, 0.2) is 9.84 Å². The van der Waals surface area contributed by atoms with Crippen LogP contribution in [0, 0.1) is 0 Å². The Bertz CT molecular complexity index is 684. The number of sulfone groups is 1. The Kier molecular flexibility index (Phi) is 4.21. The second-order valence-corrected chi connectivity index (χ2v) is 6.21. The summed E-state index contributed by atoms with van der Waals surface area (Å²) in [6, 6.07) is 11.6. The van der Waals surface area contributed by atoms with Crippen molar-refractivity contribution < 1.29 is 13.2 Å². The minimum atomic E-state index is -3.19. The van der Waals surface area contributed by atoms with Crippen LogP contribution >= 0.6 is 0 Å². The predicted octanol–water partition coefficient (Wildman–Crippen LogP) is 1.35. The molecule has 0 aliphatic carbocycles. The molecule has 0 saturated carbocycles. The number of pyridine rings is 1. The highest BCUT2D eigenvalue weighted by atomic mass is 32.2. The molecule has 0 aliphatic heterocycles. The number of nitrogens with one attached hydrogen (secondary N) is 1. The van der Waals surface area contributed by atoms with E-state index < -0.39 is 9.84 Å². The summed E-state index contributed by atoms with van der Waals surface area (Å²) in [5.74, 6) is 6.40. The molecule has 0 atom stereocenters. The number of aromatic nitrogens is 1. The van der Waals surface area contributed by atoms with Gasteiger partial charge in [0.05, 0.1) is 10.6 Å². The number of nitrogen functional groups attached to an aromatic ring is 1. The molecule has 0 fully saturated rings. The van der Waals surface area contributed by atoms with Crippen LogP contribution in [0.2, 0.25) is 0 Å². The number of nitrogens with zero attached hydrogens (tertiary/aromatic N) is 1. The van der Waals surface area contributed by atoms with Crippen molar-refractivity contribution in [3.05, 3.63) is 48.2 Å². The van der Waals surface area contributed by atoms with Gasteiger partial charge in [-0.15, -0.1) is 0 Å². The fraction of sp³-hybridized carbons (Fsp3) is 0.154. The zero-order valence-corrected chi connectivity index (χ0v) is 11.7. The molecule has 0 bridgehead atoms. The van der Waals surface area contributed by atoms with Gasteiger partial charge >= 0.3 is 0 Å². The Hall–Kier alpha value is -2.12. The summed E-state index contributed by atoms with van der Waals surface area (Å²) in [4.78, 5) is 4.47. The Balaban J connectivity index is 2.04. The Labute approximate surface area is 117 Å². The van der Waals surface area contributed by atoms with Gasteiger partial charge in [0.1, 0.15) is 18.2 Å². The van der Waals surface area contributed by atoms with E-state index in [1.54, 1.807) is 18.2 Å². The van der Waals surface area contributed by atoms with E-state index in [1.807, 2.05) is 12.1 Å². The minimum absolute atomic E-state index is 0.261. The lowest BCUT2D eigenvalue weighted by molar-refractivity contribution is 0.301. The Morgan fingerprint density at radius 3 is 2.50 bits per heavy atom. The summed E-state index contributed by atoms with van der Waals surface area (Å²) in [6.45, 7) is 0.272. The first-order valence-corrected chi connectivity index (χ1v) is 7.73. The molecule has 3 N–H and O–H groups in total. The summed E-state index contributed by atoms with van der Waals surface area (Å²) in [7, 11) is -3.19. The average molecular weight is 293 g/mol. The molecule has 106 valence electrons. The van der Waals surface area contributed by atoms with E-state index in [4.69, 9.17) is 10.6 Å². The molecule has 2 rings (SSSR count). The lowest BCUT2D eigenvalue weighted by Gasteiger charge is -2.07. The van der Waals surface area contributed by atoms with Crippen LogP contribution in [-0.4, -0.2) is 19.7 Å². The fourth-order valence-electron chi connectivity index (χ4n) is 1.58. The maximum atomic E-state index is 11.3. The standard InChI is InChI=1S/C13H15N3O3S/c1-20(17,18)12-7-5-11(6-8-12)19-9-10-3-2-4-13(15-10)16-14/h2-8H,9,14H2,1H3,(H,15,16). The van der Waals surface area contributed by atoms with Gasteiger partial charge in [-0.3, -0.25) is 0 Å². The van der Waals surface area contributed by atoms with Crippen LogP contribution in [0.1, 0.15) is 5.69 Å². The first kappa shape index (κ1) is 14.3. The van der Waals surface area contributed by atoms with Gasteiger partial charge in [0, 0.05) is 6.26 Å². The molecule has 0 amide bonds. The van der Waals surface area contributed by atoms with Crippen LogP contribution in [0.4, 0.5) is 5.82 Å². The molecule has 0 spiro atoms. The lowest BCUT2D eigenvalue weighted by Crippen LogP contribution is -2.09. The molecule has 0 aliphatic rings. The number of hydrogen-bond donors (Lipinski definition) is 2. The first-order valence-electron chi connectivity index (χ1n) is 5.84. The molecule has 0 radical (unpaired) electrons. The third kappa shape index (κ3) is 3.69. The second kappa shape index (κ2) is 5.89. The molecule has 6 nitrogen and oxygen atoms in total. The molecular weight excluding hydrogens is 278 g/mol. The number of ether oxygens (including phenoxy) is 1. The van der Waals surface area contributed by atoms with Gasteiger partial charge < -0.3 is 10.2 Å². The van der Waals surface area contributed by atoms with Crippen LogP contribution in [0.25, 0.3) is 0 Å². The van der Waals surface area contributed by atoms with Gasteiger partial charge in [-0.1, -0.05) is 6.07 Å². The highest BCUT2D eigenvalue weighted by molar-refractivity contribution is 7.90. The van der Waals surface area contributed by atoms with E-state index in [2.05, 4.69) is 10.4 Å². The quantitative estimate of drug-likeness (QED) is 0.638. The van der Waals surface area contributed by atoms with Gasteiger partial charge in [-0.25, -0.2) is 19.2 Å². The van der Waals surface area contributed by atoms with E-state index in [1.165, 1.54) is 12.1 Å². The number of rotatable bonds is 5. The largest absolute Gasteiger partial charge is 0.487 e. The maximum absolute atomic E-state index is 11.3. The van der Waals surface area contributed by atoms with E-state index in [0.717, 1.165) is 6.26 Å². The fourth-order valence-corrected chi connectivity index (χ4v) is 2.21. The van der Waals surface area contributed by atoms with Gasteiger partial charge in [0.2, 0.25) is 0 Å². The van der Waals surface area contributed by atoms with E-state index in [-0.39, 0.29) is 11.5 Å². The average Bonchev–Trinajstić information content (AvgIpc) is 2.45. The van der Waals surface area contributed by atoms with Crippen LogP contribution in [0.3, 0.4) is 0 Å². The van der Waals surface area contributed by atoms with Crippen molar-refractivity contribution >= 4 is 15.7 Å². The van der Waals surface area contributed by atoms with Crippen molar-refractivity contribution in [1.29, 1.82) is 0 Å². The van der Waals surface area contributed by atoms with Crippen molar-refractivity contribution in [2.45, 2.75) is 11.5 Å². The van der Waals surface area contributed by atoms with Crippen molar-refractivity contribution in [2.75, 3.05) is 11.7 Å². The van der Waals surface area contributed by atoms with Gasteiger partial charge in [-0.2, -0.15) is 0 Å². The first-order chi connectivity index (χ1) is 9.49. The Morgan fingerprint density at radius 1 is 1.20 bits per heavy atom. The summed E-state index contributed by atoms with van der Waals surface area (Å²) < 4.78 is 28.2. The lowest BCUT2D eigenvalue weighted by atomic mass is 10.3. The molecule has 0 unspecified atom stereocenters. The normalized spacial score (nSPS) is 11.1. The molecule has 1 heterocycles. The van der Waals surface area contributed by atoms with Crippen molar-refractivity contribution in [2.24, 2.45) is 5.84 Å². The van der Waals surface area contributed by atoms with E-state index >= 15 is 0 Å². The molecule has 1 aromatic heterocycles. The number of hydrogen-bond acceptors (Lipinski definition) is 6. The number of hydrazine groups is 1. The topological polar surface area (TPSA) is 94.3 Å². The van der Waals surface area contributed by atoms with Gasteiger partial charge in [0.25, 0.3) is 0 Å². The third-order valence-corrected chi connectivity index (χ3v) is 3.72. The molecule has 2 aromatic rings. The second-order valence-electron chi connectivity index (χ2n) is 4.19. The SMILES string of the molecule is CS(=O)(=O)c1ccc(OCc2cccc(NN)n2)cc1. The number of nitrogens with two attached hydrogens (primary N) is 1. The monoisotopic (exact) mass is 293 g/mol. The highest BCUT2D eigenvalue weighted by Crippen LogP contribution is 2.17. The third-order valence-electron chi connectivity index (χ3n) is 2.59. The van der Waals surface area contributed by atoms with Crippen molar-refractivity contribution in [3.63, 3.8) is 0 Å². The van der Waals surface area contributed by atoms with E-state index in [0.29, 0.717) is 17.3 Å². The summed E-state index contributed by atoms with van der Waals surface area (Å²) >= 11 is 0. The minimum Gasteiger partial charge on any atom is -0.487 e. The smallest absolute Gasteiger partial charge is 0.175 e.